The van der Waals surface area contributed by atoms with Gasteiger partial charge < -0.3 is 10.1 Å². The third kappa shape index (κ3) is 3.55. The number of ether oxygens (including phenoxy) is 1. The fourth-order valence-electron chi connectivity index (χ4n) is 3.82. The van der Waals surface area contributed by atoms with Gasteiger partial charge in [-0.1, -0.05) is 27.2 Å². The van der Waals surface area contributed by atoms with Gasteiger partial charge in [0.05, 0.1) is 5.41 Å². The van der Waals surface area contributed by atoms with E-state index in [1.165, 1.54) is 6.42 Å². The highest BCUT2D eigenvalue weighted by Crippen LogP contribution is 2.38. The second-order valence-electron chi connectivity index (χ2n) is 7.08. The predicted molar refractivity (Wildman–Crippen MR) is 81.5 cm³/mol. The van der Waals surface area contributed by atoms with Crippen LogP contribution in [0.5, 0.6) is 0 Å². The van der Waals surface area contributed by atoms with Gasteiger partial charge in [0, 0.05) is 0 Å². The molecule has 1 saturated carbocycles. The molecule has 1 heterocycles. The average Bonchev–Trinajstić information content (AvgIpc) is 2.44. The van der Waals surface area contributed by atoms with E-state index in [1.807, 2.05) is 0 Å². The first-order valence-corrected chi connectivity index (χ1v) is 8.49. The van der Waals surface area contributed by atoms with E-state index < -0.39 is 0 Å². The van der Waals surface area contributed by atoms with Gasteiger partial charge in [0.25, 0.3) is 0 Å². The maximum atomic E-state index is 12.7. The molecule has 1 N–H and O–H groups in total. The van der Waals surface area contributed by atoms with Crippen LogP contribution in [0.25, 0.3) is 0 Å². The molecule has 1 aliphatic carbocycles. The first-order chi connectivity index (χ1) is 9.57. The Morgan fingerprint density at radius 1 is 1.20 bits per heavy atom. The molecule has 116 valence electrons. The first kappa shape index (κ1) is 15.8. The van der Waals surface area contributed by atoms with Crippen molar-refractivity contribution in [3.05, 3.63) is 0 Å². The largest absolute Gasteiger partial charge is 0.462 e. The molecule has 2 aliphatic rings. The summed E-state index contributed by atoms with van der Waals surface area (Å²) in [6.45, 7) is 8.67. The van der Waals surface area contributed by atoms with Crippen LogP contribution in [0, 0.1) is 17.3 Å². The molecule has 1 saturated heterocycles. The van der Waals surface area contributed by atoms with Crippen molar-refractivity contribution in [3.63, 3.8) is 0 Å². The molecule has 0 radical (unpaired) electrons. The molecule has 3 heteroatoms. The van der Waals surface area contributed by atoms with Crippen molar-refractivity contribution in [1.29, 1.82) is 0 Å². The number of carbonyl (C=O) groups is 1. The second kappa shape index (κ2) is 6.93. The van der Waals surface area contributed by atoms with Crippen molar-refractivity contribution in [2.75, 3.05) is 13.1 Å². The topological polar surface area (TPSA) is 38.3 Å². The van der Waals surface area contributed by atoms with E-state index in [0.717, 1.165) is 57.5 Å². The van der Waals surface area contributed by atoms with Crippen LogP contribution in [0.1, 0.15) is 65.7 Å². The van der Waals surface area contributed by atoms with Gasteiger partial charge in [-0.25, -0.2) is 0 Å². The van der Waals surface area contributed by atoms with E-state index in [0.29, 0.717) is 5.92 Å². The fraction of sp³-hybridized carbons (Fsp3) is 0.941. The van der Waals surface area contributed by atoms with Gasteiger partial charge in [0.2, 0.25) is 0 Å². The quantitative estimate of drug-likeness (QED) is 0.801. The van der Waals surface area contributed by atoms with Crippen molar-refractivity contribution in [1.82, 2.24) is 5.32 Å². The van der Waals surface area contributed by atoms with Gasteiger partial charge in [-0.15, -0.1) is 0 Å². The number of nitrogens with one attached hydrogen (secondary N) is 1. The maximum absolute atomic E-state index is 12.7. The zero-order valence-corrected chi connectivity index (χ0v) is 13.4. The Labute approximate surface area is 123 Å². The van der Waals surface area contributed by atoms with Gasteiger partial charge in [0.1, 0.15) is 6.10 Å². The molecule has 0 aromatic carbocycles. The van der Waals surface area contributed by atoms with Crippen LogP contribution in [0.2, 0.25) is 0 Å². The Morgan fingerprint density at radius 3 is 2.50 bits per heavy atom. The Kier molecular flexibility index (Phi) is 5.48. The van der Waals surface area contributed by atoms with E-state index in [-0.39, 0.29) is 17.5 Å². The molecule has 0 aromatic rings. The minimum absolute atomic E-state index is 0.0904. The van der Waals surface area contributed by atoms with E-state index in [1.54, 1.807) is 0 Å². The lowest BCUT2D eigenvalue weighted by Gasteiger charge is -2.38. The van der Waals surface area contributed by atoms with E-state index in [9.17, 15) is 4.79 Å². The molecular formula is C17H31NO2. The minimum Gasteiger partial charge on any atom is -0.462 e. The highest BCUT2D eigenvalue weighted by molar-refractivity contribution is 5.77. The van der Waals surface area contributed by atoms with Crippen molar-refractivity contribution < 1.29 is 9.53 Å². The van der Waals surface area contributed by atoms with Gasteiger partial charge in [-0.2, -0.15) is 0 Å². The molecule has 20 heavy (non-hydrogen) atoms. The summed E-state index contributed by atoms with van der Waals surface area (Å²) in [5, 5.41) is 3.36. The maximum Gasteiger partial charge on any atom is 0.312 e. The SMILES string of the molecule is CCCC1(C(=O)OC2CCC(C)C(C)C2)CCNCC1. The van der Waals surface area contributed by atoms with Crippen molar-refractivity contribution in [2.45, 2.75) is 71.8 Å². The Hall–Kier alpha value is -0.570. The van der Waals surface area contributed by atoms with Crippen LogP contribution in [0.15, 0.2) is 0 Å². The number of hydrogen-bond donors (Lipinski definition) is 1. The monoisotopic (exact) mass is 281 g/mol. The molecule has 1 aliphatic heterocycles. The molecule has 0 bridgehead atoms. The van der Waals surface area contributed by atoms with Gasteiger partial charge >= 0.3 is 5.97 Å². The lowest BCUT2D eigenvalue weighted by atomic mass is 9.75. The lowest BCUT2D eigenvalue weighted by Crippen LogP contribution is -2.44. The second-order valence-corrected chi connectivity index (χ2v) is 7.08. The van der Waals surface area contributed by atoms with Gasteiger partial charge in [-0.05, 0) is 63.5 Å². The summed E-state index contributed by atoms with van der Waals surface area (Å²) in [6, 6.07) is 0. The molecule has 2 rings (SSSR count). The number of carbonyl (C=O) groups excluding carboxylic acids is 1. The zero-order chi connectivity index (χ0) is 14.6. The summed E-state index contributed by atoms with van der Waals surface area (Å²) in [6.07, 6.45) is 7.39. The average molecular weight is 281 g/mol. The third-order valence-electron chi connectivity index (χ3n) is 5.55. The minimum atomic E-state index is -0.202. The lowest BCUT2D eigenvalue weighted by molar-refractivity contribution is -0.167. The van der Waals surface area contributed by atoms with E-state index in [4.69, 9.17) is 4.74 Å². The molecule has 3 atom stereocenters. The van der Waals surface area contributed by atoms with E-state index >= 15 is 0 Å². The summed E-state index contributed by atoms with van der Waals surface area (Å²) < 4.78 is 5.94. The zero-order valence-electron chi connectivity index (χ0n) is 13.4. The summed E-state index contributed by atoms with van der Waals surface area (Å²) in [5.74, 6) is 1.54. The van der Waals surface area contributed by atoms with Crippen molar-refractivity contribution in [2.24, 2.45) is 17.3 Å². The Morgan fingerprint density at radius 2 is 1.90 bits per heavy atom. The van der Waals surface area contributed by atoms with Crippen LogP contribution >= 0.6 is 0 Å². The summed E-state index contributed by atoms with van der Waals surface area (Å²) in [4.78, 5) is 12.7. The number of hydrogen-bond acceptors (Lipinski definition) is 3. The summed E-state index contributed by atoms with van der Waals surface area (Å²) in [7, 11) is 0. The van der Waals surface area contributed by atoms with Crippen LogP contribution < -0.4 is 5.32 Å². The highest BCUT2D eigenvalue weighted by Gasteiger charge is 2.41. The summed E-state index contributed by atoms with van der Waals surface area (Å²) >= 11 is 0. The molecule has 3 unspecified atom stereocenters. The molecular weight excluding hydrogens is 250 g/mol. The van der Waals surface area contributed by atoms with Crippen molar-refractivity contribution >= 4 is 5.97 Å². The van der Waals surface area contributed by atoms with Crippen molar-refractivity contribution in [3.8, 4) is 0 Å². The number of rotatable bonds is 4. The fourth-order valence-corrected chi connectivity index (χ4v) is 3.82. The Bertz CT molecular complexity index is 317. The number of esters is 1. The van der Waals surface area contributed by atoms with Gasteiger partial charge in [0.15, 0.2) is 0 Å². The molecule has 0 spiro atoms. The van der Waals surface area contributed by atoms with Gasteiger partial charge in [-0.3, -0.25) is 4.79 Å². The third-order valence-corrected chi connectivity index (χ3v) is 5.55. The summed E-state index contributed by atoms with van der Waals surface area (Å²) in [5.41, 5.74) is -0.202. The normalized spacial score (nSPS) is 33.6. The molecule has 2 fully saturated rings. The highest BCUT2D eigenvalue weighted by atomic mass is 16.5. The van der Waals surface area contributed by atoms with Crippen LogP contribution in [0.4, 0.5) is 0 Å². The Balaban J connectivity index is 1.94. The smallest absolute Gasteiger partial charge is 0.312 e. The first-order valence-electron chi connectivity index (χ1n) is 8.49. The predicted octanol–water partition coefficient (Wildman–Crippen LogP) is 3.52. The molecule has 0 aromatic heterocycles. The number of piperidine rings is 1. The molecule has 0 amide bonds. The standard InChI is InChI=1S/C17H31NO2/c1-4-7-17(8-10-18-11-9-17)16(19)20-15-6-5-13(2)14(3)12-15/h13-15,18H,4-12H2,1-3H3. The van der Waals surface area contributed by atoms with Crippen LogP contribution in [-0.2, 0) is 9.53 Å². The van der Waals surface area contributed by atoms with Crippen LogP contribution in [0.3, 0.4) is 0 Å². The molecule has 3 nitrogen and oxygen atoms in total. The van der Waals surface area contributed by atoms with Crippen LogP contribution in [-0.4, -0.2) is 25.2 Å². The van der Waals surface area contributed by atoms with E-state index in [2.05, 4.69) is 26.1 Å².